The molecule has 0 saturated heterocycles. The van der Waals surface area contributed by atoms with Gasteiger partial charge in [-0.2, -0.15) is 0 Å². The number of Topliss-reactive ketones (excluding diaryl/α,β-unsaturated/α-hetero) is 1. The zero-order chi connectivity index (χ0) is 21.6. The van der Waals surface area contributed by atoms with E-state index in [0.717, 1.165) is 22.4 Å². The van der Waals surface area contributed by atoms with E-state index in [1.54, 1.807) is 24.3 Å². The van der Waals surface area contributed by atoms with Crippen molar-refractivity contribution in [2.45, 2.75) is 19.4 Å². The van der Waals surface area contributed by atoms with Crippen molar-refractivity contribution in [1.82, 2.24) is 14.9 Å². The van der Waals surface area contributed by atoms with Crippen molar-refractivity contribution in [3.63, 3.8) is 0 Å². The Morgan fingerprint density at radius 1 is 0.903 bits per heavy atom. The molecule has 1 aromatic heterocycles. The maximum atomic E-state index is 12.8. The van der Waals surface area contributed by atoms with Crippen molar-refractivity contribution in [2.24, 2.45) is 0 Å². The zero-order valence-electron chi connectivity index (χ0n) is 16.9. The van der Waals surface area contributed by atoms with E-state index in [0.29, 0.717) is 30.0 Å². The van der Waals surface area contributed by atoms with E-state index in [1.807, 2.05) is 59.2 Å². The standard InChI is InChI=1S/C25H22ClN3O2/c26-20-12-10-19(11-13-20)23(30)17-29-22-9-5-4-8-21(22)28-24(29)14-15-27-25(31)16-18-6-2-1-3-7-18/h1-13H,14-17H2,(H,27,31). The number of carbonyl (C=O) groups excluding carboxylic acids is 2. The lowest BCUT2D eigenvalue weighted by atomic mass is 10.1. The Balaban J connectivity index is 1.46. The average molecular weight is 432 g/mol. The Kier molecular flexibility index (Phi) is 6.43. The van der Waals surface area contributed by atoms with Gasteiger partial charge in [-0.25, -0.2) is 4.98 Å². The van der Waals surface area contributed by atoms with Crippen molar-refractivity contribution >= 4 is 34.3 Å². The summed E-state index contributed by atoms with van der Waals surface area (Å²) >= 11 is 5.94. The molecule has 0 aliphatic carbocycles. The van der Waals surface area contributed by atoms with Crippen LogP contribution in [-0.2, 0) is 24.2 Å². The second kappa shape index (κ2) is 9.58. The third-order valence-electron chi connectivity index (χ3n) is 5.08. The van der Waals surface area contributed by atoms with Gasteiger partial charge in [0.1, 0.15) is 5.82 Å². The fourth-order valence-electron chi connectivity index (χ4n) is 3.52. The molecule has 5 nitrogen and oxygen atoms in total. The summed E-state index contributed by atoms with van der Waals surface area (Å²) in [6.45, 7) is 0.625. The normalized spacial score (nSPS) is 10.9. The number of fused-ring (bicyclic) bond motifs is 1. The molecule has 0 unspecified atom stereocenters. The zero-order valence-corrected chi connectivity index (χ0v) is 17.7. The molecular weight excluding hydrogens is 410 g/mol. The summed E-state index contributed by atoms with van der Waals surface area (Å²) in [5, 5.41) is 3.54. The number of halogens is 1. The number of benzene rings is 3. The molecular formula is C25H22ClN3O2. The Morgan fingerprint density at radius 3 is 2.39 bits per heavy atom. The Bertz CT molecular complexity index is 1200. The molecule has 0 radical (unpaired) electrons. The number of para-hydroxylation sites is 2. The van der Waals surface area contributed by atoms with Gasteiger partial charge in [-0.15, -0.1) is 0 Å². The molecule has 31 heavy (non-hydrogen) atoms. The summed E-state index contributed by atoms with van der Waals surface area (Å²) in [5.74, 6) is 0.712. The molecule has 0 aliphatic heterocycles. The number of hydrogen-bond acceptors (Lipinski definition) is 3. The monoisotopic (exact) mass is 431 g/mol. The lowest BCUT2D eigenvalue weighted by Crippen LogP contribution is -2.28. The highest BCUT2D eigenvalue weighted by Gasteiger charge is 2.15. The molecule has 1 N–H and O–H groups in total. The topological polar surface area (TPSA) is 64.0 Å². The minimum Gasteiger partial charge on any atom is -0.355 e. The molecule has 4 rings (SSSR count). The van der Waals surface area contributed by atoms with Gasteiger partial charge in [-0.1, -0.05) is 54.1 Å². The molecule has 0 spiro atoms. The fourth-order valence-corrected chi connectivity index (χ4v) is 3.65. The first-order valence-corrected chi connectivity index (χ1v) is 10.5. The third-order valence-corrected chi connectivity index (χ3v) is 5.33. The minimum absolute atomic E-state index is 0.0193. The predicted octanol–water partition coefficient (Wildman–Crippen LogP) is 4.47. The minimum atomic E-state index is -0.0360. The van der Waals surface area contributed by atoms with Crippen LogP contribution in [-0.4, -0.2) is 27.8 Å². The second-order valence-electron chi connectivity index (χ2n) is 7.30. The number of hydrogen-bond donors (Lipinski definition) is 1. The number of nitrogens with one attached hydrogen (secondary N) is 1. The number of nitrogens with zero attached hydrogens (tertiary/aromatic N) is 2. The quantitative estimate of drug-likeness (QED) is 0.418. The molecule has 0 atom stereocenters. The highest BCUT2D eigenvalue weighted by Crippen LogP contribution is 2.18. The molecule has 3 aromatic carbocycles. The molecule has 4 aromatic rings. The largest absolute Gasteiger partial charge is 0.355 e. The number of rotatable bonds is 8. The molecule has 0 fully saturated rings. The fraction of sp³-hybridized carbons (Fsp3) is 0.160. The average Bonchev–Trinajstić information content (AvgIpc) is 3.12. The molecule has 156 valence electrons. The van der Waals surface area contributed by atoms with Crippen molar-refractivity contribution in [3.05, 3.63) is 101 Å². The van der Waals surface area contributed by atoms with Crippen LogP contribution < -0.4 is 5.32 Å². The molecule has 0 bridgehead atoms. The van der Waals surface area contributed by atoms with E-state index in [1.165, 1.54) is 0 Å². The molecule has 1 amide bonds. The summed E-state index contributed by atoms with van der Waals surface area (Å²) in [4.78, 5) is 29.8. The van der Waals surface area contributed by atoms with E-state index in [9.17, 15) is 9.59 Å². The second-order valence-corrected chi connectivity index (χ2v) is 7.73. The van der Waals surface area contributed by atoms with Crippen LogP contribution >= 0.6 is 11.6 Å². The van der Waals surface area contributed by atoms with Crippen LogP contribution in [0.3, 0.4) is 0 Å². The van der Waals surface area contributed by atoms with Gasteiger partial charge in [-0.3, -0.25) is 9.59 Å². The summed E-state index contributed by atoms with van der Waals surface area (Å²) < 4.78 is 1.93. The number of carbonyl (C=O) groups is 2. The van der Waals surface area contributed by atoms with Crippen LogP contribution in [0.15, 0.2) is 78.9 Å². The molecule has 1 heterocycles. The maximum absolute atomic E-state index is 12.8. The van der Waals surface area contributed by atoms with Gasteiger partial charge in [0, 0.05) is 23.6 Å². The van der Waals surface area contributed by atoms with Crippen molar-refractivity contribution in [2.75, 3.05) is 6.54 Å². The summed E-state index contributed by atoms with van der Waals surface area (Å²) in [6, 6.07) is 24.2. The lowest BCUT2D eigenvalue weighted by molar-refractivity contribution is -0.120. The first kappa shape index (κ1) is 20.8. The number of amides is 1. The summed E-state index contributed by atoms with van der Waals surface area (Å²) in [5.41, 5.74) is 3.30. The van der Waals surface area contributed by atoms with Gasteiger partial charge in [0.25, 0.3) is 0 Å². The number of ketones is 1. The van der Waals surface area contributed by atoms with E-state index in [-0.39, 0.29) is 18.2 Å². The summed E-state index contributed by atoms with van der Waals surface area (Å²) in [7, 11) is 0. The first-order chi connectivity index (χ1) is 15.1. The highest BCUT2D eigenvalue weighted by atomic mass is 35.5. The SMILES string of the molecule is O=C(Cc1ccccc1)NCCc1nc2ccccc2n1CC(=O)c1ccc(Cl)cc1. The van der Waals surface area contributed by atoms with Crippen LogP contribution in [0.5, 0.6) is 0 Å². The lowest BCUT2D eigenvalue weighted by Gasteiger charge is -2.10. The Hall–Kier alpha value is -3.44. The van der Waals surface area contributed by atoms with Gasteiger partial charge in [0.15, 0.2) is 5.78 Å². The van der Waals surface area contributed by atoms with Gasteiger partial charge in [-0.05, 0) is 42.0 Å². The molecule has 0 aliphatic rings. The highest BCUT2D eigenvalue weighted by molar-refractivity contribution is 6.30. The van der Waals surface area contributed by atoms with Crippen molar-refractivity contribution in [3.8, 4) is 0 Å². The van der Waals surface area contributed by atoms with Gasteiger partial charge in [0.2, 0.25) is 5.91 Å². The Morgan fingerprint density at radius 2 is 1.61 bits per heavy atom. The van der Waals surface area contributed by atoms with Crippen LogP contribution in [0.4, 0.5) is 0 Å². The molecule has 6 heteroatoms. The third kappa shape index (κ3) is 5.19. The maximum Gasteiger partial charge on any atom is 0.224 e. The Labute approximate surface area is 185 Å². The molecule has 0 saturated carbocycles. The van der Waals surface area contributed by atoms with Gasteiger partial charge in [0.05, 0.1) is 24.0 Å². The number of aromatic nitrogens is 2. The first-order valence-electron chi connectivity index (χ1n) is 10.1. The van der Waals surface area contributed by atoms with Crippen molar-refractivity contribution < 1.29 is 9.59 Å². The van der Waals surface area contributed by atoms with E-state index < -0.39 is 0 Å². The van der Waals surface area contributed by atoms with Crippen LogP contribution in [0.2, 0.25) is 5.02 Å². The van der Waals surface area contributed by atoms with Crippen molar-refractivity contribution in [1.29, 1.82) is 0 Å². The smallest absolute Gasteiger partial charge is 0.224 e. The van der Waals surface area contributed by atoms with E-state index >= 15 is 0 Å². The number of imidazole rings is 1. The van der Waals surface area contributed by atoms with Gasteiger partial charge >= 0.3 is 0 Å². The van der Waals surface area contributed by atoms with Gasteiger partial charge < -0.3 is 9.88 Å². The summed E-state index contributed by atoms with van der Waals surface area (Å²) in [6.07, 6.45) is 0.870. The predicted molar refractivity (Wildman–Crippen MR) is 122 cm³/mol. The van der Waals surface area contributed by atoms with Crippen LogP contribution in [0.1, 0.15) is 21.7 Å². The van der Waals surface area contributed by atoms with Crippen LogP contribution in [0, 0.1) is 0 Å². The van der Waals surface area contributed by atoms with Crippen LogP contribution in [0.25, 0.3) is 11.0 Å². The van der Waals surface area contributed by atoms with E-state index in [2.05, 4.69) is 5.32 Å². The van der Waals surface area contributed by atoms with E-state index in [4.69, 9.17) is 16.6 Å².